The Labute approximate surface area is 179 Å². The highest BCUT2D eigenvalue weighted by Gasteiger charge is 2.40. The molecule has 1 aliphatic heterocycles. The zero-order valence-corrected chi connectivity index (χ0v) is 17.2. The van der Waals surface area contributed by atoms with Crippen LogP contribution >= 0.6 is 12.2 Å². The molecule has 1 fully saturated rings. The molecule has 0 spiro atoms. The second-order valence-corrected chi connectivity index (χ2v) is 7.58. The van der Waals surface area contributed by atoms with Crippen molar-refractivity contribution in [1.29, 1.82) is 0 Å². The van der Waals surface area contributed by atoms with Crippen molar-refractivity contribution in [1.82, 2.24) is 20.2 Å². The van der Waals surface area contributed by atoms with E-state index in [1.54, 1.807) is 18.3 Å². The van der Waals surface area contributed by atoms with Gasteiger partial charge >= 0.3 is 0 Å². The third-order valence-electron chi connectivity index (χ3n) is 5.10. The van der Waals surface area contributed by atoms with Gasteiger partial charge in [-0.1, -0.05) is 18.2 Å². The van der Waals surface area contributed by atoms with Crippen LogP contribution in [0.1, 0.15) is 35.6 Å². The number of hydrogen-bond donors (Lipinski definition) is 3. The van der Waals surface area contributed by atoms with Crippen molar-refractivity contribution in [3.8, 4) is 0 Å². The maximum Gasteiger partial charge on any atom is 0.226 e. The number of aromatic nitrogens is 2. The SMILES string of the molecule is Cc1ccc([C@@H]2[C@H](c3ccccn3)NC(=S)N2CCC(=O)Nc2ccccc2F)[nH]1. The fourth-order valence-electron chi connectivity index (χ4n) is 3.68. The van der Waals surface area contributed by atoms with Gasteiger partial charge in [0.1, 0.15) is 5.82 Å². The van der Waals surface area contributed by atoms with Crippen LogP contribution in [0, 0.1) is 12.7 Å². The van der Waals surface area contributed by atoms with E-state index in [4.69, 9.17) is 12.2 Å². The fourth-order valence-corrected chi connectivity index (χ4v) is 4.01. The van der Waals surface area contributed by atoms with E-state index in [0.717, 1.165) is 17.1 Å². The Bertz CT molecular complexity index is 1050. The van der Waals surface area contributed by atoms with Gasteiger partial charge in [-0.05, 0) is 55.5 Å². The Morgan fingerprint density at radius 3 is 2.70 bits per heavy atom. The second kappa shape index (κ2) is 8.62. The van der Waals surface area contributed by atoms with Crippen LogP contribution in [0.2, 0.25) is 0 Å². The topological polar surface area (TPSA) is 73.1 Å². The summed E-state index contributed by atoms with van der Waals surface area (Å²) in [5, 5.41) is 6.53. The second-order valence-electron chi connectivity index (χ2n) is 7.19. The van der Waals surface area contributed by atoms with Gasteiger partial charge in [-0.2, -0.15) is 0 Å². The summed E-state index contributed by atoms with van der Waals surface area (Å²) in [6.45, 7) is 2.38. The standard InChI is InChI=1S/C22H22FN5OS/c1-14-9-10-18(25-14)21-20(17-8-4-5-12-24-17)27-22(30)28(21)13-11-19(29)26-16-7-3-2-6-15(16)23/h2-10,12,20-21,25H,11,13H2,1H3,(H,26,29)(H,27,30)/t20-,21+/m0/s1. The summed E-state index contributed by atoms with van der Waals surface area (Å²) in [4.78, 5) is 22.3. The number of aromatic amines is 1. The highest BCUT2D eigenvalue weighted by atomic mass is 32.1. The number of hydrogen-bond acceptors (Lipinski definition) is 3. The predicted octanol–water partition coefficient (Wildman–Crippen LogP) is 3.86. The van der Waals surface area contributed by atoms with E-state index >= 15 is 0 Å². The van der Waals surface area contributed by atoms with Crippen LogP contribution in [0.15, 0.2) is 60.8 Å². The molecule has 0 radical (unpaired) electrons. The van der Waals surface area contributed by atoms with Gasteiger partial charge in [-0.3, -0.25) is 9.78 Å². The molecule has 3 N–H and O–H groups in total. The maximum absolute atomic E-state index is 13.8. The van der Waals surface area contributed by atoms with Crippen molar-refractivity contribution < 1.29 is 9.18 Å². The summed E-state index contributed by atoms with van der Waals surface area (Å²) in [6.07, 6.45) is 1.92. The van der Waals surface area contributed by atoms with Crippen molar-refractivity contribution in [3.63, 3.8) is 0 Å². The van der Waals surface area contributed by atoms with Crippen molar-refractivity contribution >= 4 is 28.9 Å². The summed E-state index contributed by atoms with van der Waals surface area (Å²) in [5.74, 6) is -0.732. The van der Waals surface area contributed by atoms with Gasteiger partial charge in [0.05, 0.1) is 23.5 Å². The molecule has 0 bridgehead atoms. The lowest BCUT2D eigenvalue weighted by molar-refractivity contribution is -0.116. The molecular weight excluding hydrogens is 401 g/mol. The molecule has 30 heavy (non-hydrogen) atoms. The van der Waals surface area contributed by atoms with E-state index in [0.29, 0.717) is 11.7 Å². The molecule has 2 atom stereocenters. The minimum absolute atomic E-state index is 0.137. The molecule has 154 valence electrons. The van der Waals surface area contributed by atoms with E-state index in [1.165, 1.54) is 12.1 Å². The number of benzene rings is 1. The minimum atomic E-state index is -0.459. The Balaban J connectivity index is 1.52. The van der Waals surface area contributed by atoms with Crippen LogP contribution in [0.4, 0.5) is 10.1 Å². The van der Waals surface area contributed by atoms with Gasteiger partial charge < -0.3 is 20.5 Å². The normalized spacial score (nSPS) is 18.3. The molecule has 2 aromatic heterocycles. The first-order valence-electron chi connectivity index (χ1n) is 9.71. The van der Waals surface area contributed by atoms with E-state index in [2.05, 4.69) is 20.6 Å². The molecule has 1 saturated heterocycles. The van der Waals surface area contributed by atoms with Crippen LogP contribution in [0.3, 0.4) is 0 Å². The van der Waals surface area contributed by atoms with Gasteiger partial charge in [0, 0.05) is 30.6 Å². The number of halogens is 1. The quantitative estimate of drug-likeness (QED) is 0.525. The highest BCUT2D eigenvalue weighted by molar-refractivity contribution is 7.80. The number of pyridine rings is 1. The molecule has 1 aromatic carbocycles. The minimum Gasteiger partial charge on any atom is -0.361 e. The number of nitrogens with one attached hydrogen (secondary N) is 3. The molecule has 3 heterocycles. The average molecular weight is 424 g/mol. The van der Waals surface area contributed by atoms with E-state index in [-0.39, 0.29) is 30.1 Å². The first-order chi connectivity index (χ1) is 14.5. The van der Waals surface area contributed by atoms with E-state index in [9.17, 15) is 9.18 Å². The maximum atomic E-state index is 13.8. The number of aryl methyl sites for hydroxylation is 1. The lowest BCUT2D eigenvalue weighted by atomic mass is 10.0. The molecule has 8 heteroatoms. The number of anilines is 1. The van der Waals surface area contributed by atoms with E-state index in [1.807, 2.05) is 42.2 Å². The Hall–Kier alpha value is -3.26. The van der Waals surface area contributed by atoms with Crippen molar-refractivity contribution in [2.24, 2.45) is 0 Å². The number of para-hydroxylation sites is 1. The van der Waals surface area contributed by atoms with Crippen LogP contribution in [0.25, 0.3) is 0 Å². The number of H-pyrrole nitrogens is 1. The molecular formula is C22H22FN5OS. The molecule has 1 aliphatic rings. The third-order valence-corrected chi connectivity index (χ3v) is 5.45. The molecule has 0 unspecified atom stereocenters. The highest BCUT2D eigenvalue weighted by Crippen LogP contribution is 2.38. The number of rotatable bonds is 6. The van der Waals surface area contributed by atoms with Gasteiger partial charge in [0.2, 0.25) is 5.91 Å². The third kappa shape index (κ3) is 4.18. The lowest BCUT2D eigenvalue weighted by Gasteiger charge is -2.26. The van der Waals surface area contributed by atoms with Gasteiger partial charge in [0.15, 0.2) is 5.11 Å². The summed E-state index contributed by atoms with van der Waals surface area (Å²) in [6, 6.07) is 15.6. The Morgan fingerprint density at radius 2 is 2.00 bits per heavy atom. The first kappa shape index (κ1) is 20.0. The largest absolute Gasteiger partial charge is 0.361 e. The number of thiocarbonyl (C=S) groups is 1. The Morgan fingerprint density at radius 1 is 1.20 bits per heavy atom. The number of nitrogens with zero attached hydrogens (tertiary/aromatic N) is 2. The summed E-state index contributed by atoms with van der Waals surface area (Å²) < 4.78 is 13.8. The van der Waals surface area contributed by atoms with Crippen molar-refractivity contribution in [3.05, 3.63) is 83.7 Å². The number of amides is 1. The van der Waals surface area contributed by atoms with Crippen LogP contribution in [-0.2, 0) is 4.79 Å². The smallest absolute Gasteiger partial charge is 0.226 e. The van der Waals surface area contributed by atoms with Crippen LogP contribution in [0.5, 0.6) is 0 Å². The first-order valence-corrected chi connectivity index (χ1v) is 10.1. The summed E-state index contributed by atoms with van der Waals surface area (Å²) in [5.41, 5.74) is 3.08. The summed E-state index contributed by atoms with van der Waals surface area (Å²) in [7, 11) is 0. The molecule has 1 amide bonds. The fraction of sp³-hybridized carbons (Fsp3) is 0.227. The Kier molecular flexibility index (Phi) is 5.76. The van der Waals surface area contributed by atoms with Gasteiger partial charge in [-0.25, -0.2) is 4.39 Å². The monoisotopic (exact) mass is 423 g/mol. The lowest BCUT2D eigenvalue weighted by Crippen LogP contribution is -2.33. The van der Waals surface area contributed by atoms with Crippen molar-refractivity contribution in [2.75, 3.05) is 11.9 Å². The zero-order chi connectivity index (χ0) is 21.1. The number of carbonyl (C=O) groups is 1. The van der Waals surface area contributed by atoms with Crippen LogP contribution in [-0.4, -0.2) is 32.4 Å². The average Bonchev–Trinajstić information content (AvgIpc) is 3.31. The predicted molar refractivity (Wildman–Crippen MR) is 117 cm³/mol. The molecule has 0 aliphatic carbocycles. The van der Waals surface area contributed by atoms with Crippen molar-refractivity contribution in [2.45, 2.75) is 25.4 Å². The van der Waals surface area contributed by atoms with Gasteiger partial charge in [0.25, 0.3) is 0 Å². The molecule has 6 nitrogen and oxygen atoms in total. The van der Waals surface area contributed by atoms with Crippen LogP contribution < -0.4 is 10.6 Å². The van der Waals surface area contributed by atoms with E-state index < -0.39 is 5.82 Å². The summed E-state index contributed by atoms with van der Waals surface area (Å²) >= 11 is 5.59. The molecule has 3 aromatic rings. The number of carbonyl (C=O) groups excluding carboxylic acids is 1. The molecule has 4 rings (SSSR count). The van der Waals surface area contributed by atoms with Gasteiger partial charge in [-0.15, -0.1) is 0 Å². The zero-order valence-electron chi connectivity index (χ0n) is 16.4. The molecule has 0 saturated carbocycles.